The third kappa shape index (κ3) is 2.92. The normalized spacial score (nSPS) is 22.5. The van der Waals surface area contributed by atoms with Gasteiger partial charge in [-0.15, -0.1) is 0 Å². The molecule has 0 amide bonds. The number of nitrogens with one attached hydrogen (secondary N) is 1. The summed E-state index contributed by atoms with van der Waals surface area (Å²) in [6.45, 7) is 3.51. The van der Waals surface area contributed by atoms with E-state index in [0.29, 0.717) is 13.2 Å². The minimum atomic E-state index is -0.861. The maximum absolute atomic E-state index is 14.0. The van der Waals surface area contributed by atoms with Crippen molar-refractivity contribution in [3.63, 3.8) is 0 Å². The first-order chi connectivity index (χ1) is 9.04. The average molecular weight is 271 g/mol. The number of hydrogen-bond donors (Lipinski definition) is 2. The summed E-state index contributed by atoms with van der Waals surface area (Å²) in [6.07, 6.45) is -0.305. The lowest BCUT2D eigenvalue weighted by atomic mass is 9.98. The van der Waals surface area contributed by atoms with E-state index in [4.69, 9.17) is 10.6 Å². The molecule has 1 aliphatic heterocycles. The Labute approximate surface area is 111 Å². The number of rotatable bonds is 3. The van der Waals surface area contributed by atoms with Gasteiger partial charge in [0.1, 0.15) is 0 Å². The number of likely N-dealkylation sites (N-methyl/N-ethyl adjacent to an activating group) is 1. The topological polar surface area (TPSA) is 50.5 Å². The fourth-order valence-corrected chi connectivity index (χ4v) is 2.31. The van der Waals surface area contributed by atoms with Gasteiger partial charge in [0.2, 0.25) is 0 Å². The SMILES string of the molecule is Cc1ccc(C(NN)C2CN(C)CCO2)c(F)c1F. The van der Waals surface area contributed by atoms with Crippen molar-refractivity contribution in [1.29, 1.82) is 0 Å². The molecular weight excluding hydrogens is 252 g/mol. The summed E-state index contributed by atoms with van der Waals surface area (Å²) in [6, 6.07) is 2.53. The molecule has 19 heavy (non-hydrogen) atoms. The highest BCUT2D eigenvalue weighted by atomic mass is 19.2. The van der Waals surface area contributed by atoms with Gasteiger partial charge in [-0.05, 0) is 19.5 Å². The quantitative estimate of drug-likeness (QED) is 0.639. The van der Waals surface area contributed by atoms with Gasteiger partial charge in [-0.3, -0.25) is 11.3 Å². The lowest BCUT2D eigenvalue weighted by Crippen LogP contribution is -2.48. The van der Waals surface area contributed by atoms with Gasteiger partial charge in [0.15, 0.2) is 11.6 Å². The van der Waals surface area contributed by atoms with Crippen molar-refractivity contribution in [2.24, 2.45) is 5.84 Å². The molecule has 3 N–H and O–H groups in total. The first-order valence-electron chi connectivity index (χ1n) is 6.25. The van der Waals surface area contributed by atoms with Crippen LogP contribution in [0.25, 0.3) is 0 Å². The van der Waals surface area contributed by atoms with Gasteiger partial charge >= 0.3 is 0 Å². The van der Waals surface area contributed by atoms with E-state index in [-0.39, 0.29) is 17.2 Å². The van der Waals surface area contributed by atoms with E-state index in [9.17, 15) is 8.78 Å². The standard InChI is InChI=1S/C13H19F2N3O/c1-8-3-4-9(12(15)11(8)14)13(17-16)10-7-18(2)5-6-19-10/h3-4,10,13,17H,5-7,16H2,1-2H3. The Morgan fingerprint density at radius 3 is 2.79 bits per heavy atom. The smallest absolute Gasteiger partial charge is 0.164 e. The van der Waals surface area contributed by atoms with E-state index < -0.39 is 17.7 Å². The van der Waals surface area contributed by atoms with Crippen LogP contribution >= 0.6 is 0 Å². The van der Waals surface area contributed by atoms with Gasteiger partial charge in [0, 0.05) is 18.7 Å². The highest BCUT2D eigenvalue weighted by Crippen LogP contribution is 2.26. The zero-order valence-electron chi connectivity index (χ0n) is 11.1. The predicted molar refractivity (Wildman–Crippen MR) is 68.4 cm³/mol. The summed E-state index contributed by atoms with van der Waals surface area (Å²) in [4.78, 5) is 2.07. The van der Waals surface area contributed by atoms with E-state index in [1.54, 1.807) is 12.1 Å². The number of nitrogens with zero attached hydrogens (tertiary/aromatic N) is 1. The molecule has 1 aromatic carbocycles. The first kappa shape index (κ1) is 14.3. The molecule has 1 aliphatic rings. The van der Waals surface area contributed by atoms with Crippen LogP contribution in [-0.2, 0) is 4.74 Å². The van der Waals surface area contributed by atoms with Gasteiger partial charge < -0.3 is 9.64 Å². The molecule has 0 aliphatic carbocycles. The lowest BCUT2D eigenvalue weighted by Gasteiger charge is -2.35. The van der Waals surface area contributed by atoms with Crippen LogP contribution in [0.1, 0.15) is 17.2 Å². The van der Waals surface area contributed by atoms with Crippen molar-refractivity contribution in [1.82, 2.24) is 10.3 Å². The van der Waals surface area contributed by atoms with Crippen molar-refractivity contribution >= 4 is 0 Å². The molecule has 0 saturated carbocycles. The Morgan fingerprint density at radius 2 is 2.16 bits per heavy atom. The Morgan fingerprint density at radius 1 is 1.42 bits per heavy atom. The molecule has 4 nitrogen and oxygen atoms in total. The van der Waals surface area contributed by atoms with Crippen molar-refractivity contribution in [2.75, 3.05) is 26.7 Å². The van der Waals surface area contributed by atoms with Crippen LogP contribution < -0.4 is 11.3 Å². The Kier molecular flexibility index (Phi) is 4.46. The third-order valence-corrected chi connectivity index (χ3v) is 3.49. The minimum Gasteiger partial charge on any atom is -0.374 e. The van der Waals surface area contributed by atoms with Crippen LogP contribution in [0.4, 0.5) is 8.78 Å². The summed E-state index contributed by atoms with van der Waals surface area (Å²) >= 11 is 0. The van der Waals surface area contributed by atoms with Crippen LogP contribution in [0.3, 0.4) is 0 Å². The molecule has 0 bridgehead atoms. The molecule has 6 heteroatoms. The first-order valence-corrected chi connectivity index (χ1v) is 6.25. The number of halogens is 2. The van der Waals surface area contributed by atoms with Crippen LogP contribution in [0.2, 0.25) is 0 Å². The van der Waals surface area contributed by atoms with Crippen molar-refractivity contribution in [2.45, 2.75) is 19.1 Å². The second kappa shape index (κ2) is 5.92. The summed E-state index contributed by atoms with van der Waals surface area (Å²) < 4.78 is 33.3. The zero-order valence-corrected chi connectivity index (χ0v) is 11.1. The molecule has 1 aromatic rings. The van der Waals surface area contributed by atoms with E-state index in [0.717, 1.165) is 6.54 Å². The molecule has 2 atom stereocenters. The average Bonchev–Trinajstić information content (AvgIpc) is 2.40. The Hall–Kier alpha value is -1.08. The molecule has 1 saturated heterocycles. The number of hydrazine groups is 1. The highest BCUT2D eigenvalue weighted by molar-refractivity contribution is 5.28. The summed E-state index contributed by atoms with van der Waals surface area (Å²) in [5.74, 6) is 3.81. The molecule has 1 fully saturated rings. The number of hydrogen-bond acceptors (Lipinski definition) is 4. The van der Waals surface area contributed by atoms with Crippen LogP contribution in [-0.4, -0.2) is 37.7 Å². The van der Waals surface area contributed by atoms with Crippen LogP contribution in [0.15, 0.2) is 12.1 Å². The highest BCUT2D eigenvalue weighted by Gasteiger charge is 2.30. The zero-order chi connectivity index (χ0) is 14.0. The van der Waals surface area contributed by atoms with Crippen molar-refractivity contribution < 1.29 is 13.5 Å². The lowest BCUT2D eigenvalue weighted by molar-refractivity contribution is -0.0399. The van der Waals surface area contributed by atoms with Gasteiger partial charge in [-0.1, -0.05) is 12.1 Å². The number of benzene rings is 1. The van der Waals surface area contributed by atoms with E-state index >= 15 is 0 Å². The third-order valence-electron chi connectivity index (χ3n) is 3.49. The molecule has 0 aromatic heterocycles. The second-order valence-electron chi connectivity index (χ2n) is 4.92. The van der Waals surface area contributed by atoms with Gasteiger partial charge in [0.25, 0.3) is 0 Å². The largest absolute Gasteiger partial charge is 0.374 e. The monoisotopic (exact) mass is 271 g/mol. The number of aryl methyl sites for hydroxylation is 1. The number of morpholine rings is 1. The fourth-order valence-electron chi connectivity index (χ4n) is 2.31. The van der Waals surface area contributed by atoms with E-state index in [1.807, 2.05) is 7.05 Å². The summed E-state index contributed by atoms with van der Waals surface area (Å²) in [5, 5.41) is 0. The minimum absolute atomic E-state index is 0.200. The van der Waals surface area contributed by atoms with Crippen LogP contribution in [0, 0.1) is 18.6 Å². The maximum atomic E-state index is 14.0. The summed E-state index contributed by atoms with van der Waals surface area (Å²) in [5.41, 5.74) is 3.01. The van der Waals surface area contributed by atoms with Gasteiger partial charge in [-0.25, -0.2) is 8.78 Å². The van der Waals surface area contributed by atoms with Gasteiger partial charge in [-0.2, -0.15) is 0 Å². The van der Waals surface area contributed by atoms with Gasteiger partial charge in [0.05, 0.1) is 18.8 Å². The predicted octanol–water partition coefficient (Wildman–Crippen LogP) is 1.11. The molecule has 0 radical (unpaired) electrons. The second-order valence-corrected chi connectivity index (χ2v) is 4.92. The molecule has 106 valence electrons. The molecule has 2 unspecified atom stereocenters. The molecular formula is C13H19F2N3O. The molecule has 0 spiro atoms. The molecule has 2 rings (SSSR count). The summed E-state index contributed by atoms with van der Waals surface area (Å²) in [7, 11) is 1.95. The van der Waals surface area contributed by atoms with Crippen molar-refractivity contribution in [3.05, 3.63) is 34.9 Å². The van der Waals surface area contributed by atoms with E-state index in [2.05, 4.69) is 10.3 Å². The molecule has 1 heterocycles. The maximum Gasteiger partial charge on any atom is 0.164 e. The fraction of sp³-hybridized carbons (Fsp3) is 0.538. The Balaban J connectivity index is 2.29. The van der Waals surface area contributed by atoms with Crippen molar-refractivity contribution in [3.8, 4) is 0 Å². The number of ether oxygens (including phenoxy) is 1. The Bertz CT molecular complexity index is 456. The number of nitrogens with two attached hydrogens (primary N) is 1. The van der Waals surface area contributed by atoms with E-state index in [1.165, 1.54) is 6.92 Å². The van der Waals surface area contributed by atoms with Crippen LogP contribution in [0.5, 0.6) is 0 Å².